The molecule has 1 fully saturated rings. The van der Waals surface area contributed by atoms with E-state index >= 15 is 0 Å². The van der Waals surface area contributed by atoms with Crippen LogP contribution in [0.3, 0.4) is 0 Å². The van der Waals surface area contributed by atoms with Gasteiger partial charge in [0.05, 0.1) is 14.4 Å². The molecule has 23 heavy (non-hydrogen) atoms. The predicted molar refractivity (Wildman–Crippen MR) is 94.0 cm³/mol. The van der Waals surface area contributed by atoms with E-state index in [1.807, 2.05) is 7.05 Å². The lowest BCUT2D eigenvalue weighted by atomic mass is 9.65. The molecule has 1 unspecified atom stereocenters. The van der Waals surface area contributed by atoms with E-state index in [4.69, 9.17) is 0 Å². The number of carbonyl (C=O) groups is 1. The van der Waals surface area contributed by atoms with Crippen molar-refractivity contribution in [1.82, 2.24) is 4.90 Å². The summed E-state index contributed by atoms with van der Waals surface area (Å²) in [6.45, 7) is 5.27. The molecule has 6 heteroatoms. The summed E-state index contributed by atoms with van der Waals surface area (Å²) in [5, 5.41) is 11.7. The number of hydrogen-bond acceptors (Lipinski definition) is 3. The van der Waals surface area contributed by atoms with Crippen LogP contribution in [0.15, 0.2) is 15.0 Å². The molecule has 1 aliphatic heterocycles. The van der Waals surface area contributed by atoms with E-state index in [1.165, 1.54) is 6.07 Å². The van der Waals surface area contributed by atoms with Gasteiger partial charge >= 0.3 is 0 Å². The normalized spacial score (nSPS) is 28.2. The summed E-state index contributed by atoms with van der Waals surface area (Å²) in [4.78, 5) is 15.1. The number of hydrogen-bond donors (Lipinski definition) is 1. The average molecular weight is 449 g/mol. The maximum atomic E-state index is 14.4. The highest BCUT2D eigenvalue weighted by molar-refractivity contribution is 9.11. The van der Waals surface area contributed by atoms with E-state index in [1.54, 1.807) is 13.8 Å². The molecular formula is C17H20Br2FNO2. The van der Waals surface area contributed by atoms with Crippen LogP contribution < -0.4 is 0 Å². The van der Waals surface area contributed by atoms with Gasteiger partial charge in [0, 0.05) is 11.1 Å². The van der Waals surface area contributed by atoms with E-state index in [2.05, 4.69) is 36.8 Å². The molecule has 1 aromatic carbocycles. The number of ketones is 1. The lowest BCUT2D eigenvalue weighted by molar-refractivity contribution is -0.108. The number of Topliss-reactive ketones (excluding diaryl/α,β-unsaturated/α-hetero) is 1. The van der Waals surface area contributed by atoms with Crippen molar-refractivity contribution in [3.8, 4) is 0 Å². The number of nitrogens with zero attached hydrogens (tertiary/aromatic N) is 1. The molecule has 1 atom stereocenters. The van der Waals surface area contributed by atoms with Crippen LogP contribution in [-0.2, 0) is 5.60 Å². The fourth-order valence-corrected chi connectivity index (χ4v) is 5.53. The van der Waals surface area contributed by atoms with Crippen molar-refractivity contribution in [2.75, 3.05) is 20.1 Å². The third-order valence-corrected chi connectivity index (χ3v) is 6.94. The van der Waals surface area contributed by atoms with Crippen molar-refractivity contribution in [2.24, 2.45) is 11.3 Å². The molecule has 3 rings (SSSR count). The van der Waals surface area contributed by atoms with Gasteiger partial charge in [0.1, 0.15) is 5.60 Å². The minimum atomic E-state index is -1.36. The fraction of sp³-hybridized carbons (Fsp3) is 0.588. The Balaban J connectivity index is 2.22. The lowest BCUT2D eigenvalue weighted by Crippen LogP contribution is -2.50. The number of aliphatic hydroxyl groups is 1. The smallest absolute Gasteiger partial charge is 0.172 e. The summed E-state index contributed by atoms with van der Waals surface area (Å²) >= 11 is 6.45. The van der Waals surface area contributed by atoms with E-state index in [0.717, 1.165) is 25.9 Å². The number of rotatable bonds is 1. The Kier molecular flexibility index (Phi) is 4.28. The van der Waals surface area contributed by atoms with Crippen molar-refractivity contribution >= 4 is 37.6 Å². The fourth-order valence-electron chi connectivity index (χ4n) is 4.11. The van der Waals surface area contributed by atoms with Crippen LogP contribution in [0.4, 0.5) is 4.39 Å². The topological polar surface area (TPSA) is 40.5 Å². The maximum absolute atomic E-state index is 14.4. The second-order valence-corrected chi connectivity index (χ2v) is 8.85. The van der Waals surface area contributed by atoms with E-state index < -0.39 is 16.8 Å². The monoisotopic (exact) mass is 447 g/mol. The Bertz CT molecular complexity index is 684. The van der Waals surface area contributed by atoms with Gasteiger partial charge in [-0.1, -0.05) is 0 Å². The average Bonchev–Trinajstić information content (AvgIpc) is 2.65. The van der Waals surface area contributed by atoms with Crippen LogP contribution in [-0.4, -0.2) is 35.9 Å². The Morgan fingerprint density at radius 3 is 2.43 bits per heavy atom. The van der Waals surface area contributed by atoms with Crippen molar-refractivity contribution in [3.63, 3.8) is 0 Å². The Hall–Kier alpha value is -0.300. The molecule has 1 aromatic rings. The minimum Gasteiger partial charge on any atom is -0.384 e. The first-order valence-electron chi connectivity index (χ1n) is 7.76. The van der Waals surface area contributed by atoms with Crippen molar-refractivity contribution < 1.29 is 14.3 Å². The van der Waals surface area contributed by atoms with E-state index in [9.17, 15) is 14.3 Å². The summed E-state index contributed by atoms with van der Waals surface area (Å²) in [6.07, 6.45) is 1.57. The maximum Gasteiger partial charge on any atom is 0.172 e. The van der Waals surface area contributed by atoms with Crippen LogP contribution >= 0.6 is 31.9 Å². The zero-order valence-corrected chi connectivity index (χ0v) is 16.6. The molecule has 0 bridgehead atoms. The zero-order chi connectivity index (χ0) is 17.2. The highest BCUT2D eigenvalue weighted by atomic mass is 79.9. The Morgan fingerprint density at radius 2 is 1.87 bits per heavy atom. The molecule has 1 heterocycles. The summed E-state index contributed by atoms with van der Waals surface area (Å²) in [5.41, 5.74) is -1.51. The van der Waals surface area contributed by atoms with E-state index in [0.29, 0.717) is 11.1 Å². The largest absolute Gasteiger partial charge is 0.384 e. The SMILES string of the molecule is CN1CCC(C2(O)c3c(cc(Br)c(F)c3Br)C(=O)C2(C)C)CC1. The van der Waals surface area contributed by atoms with Crippen LogP contribution in [0.1, 0.15) is 42.6 Å². The van der Waals surface area contributed by atoms with Crippen LogP contribution in [0.5, 0.6) is 0 Å². The first kappa shape index (κ1) is 17.5. The van der Waals surface area contributed by atoms with Gasteiger partial charge in [-0.3, -0.25) is 4.79 Å². The first-order chi connectivity index (χ1) is 10.6. The molecule has 1 N–H and O–H groups in total. The highest BCUT2D eigenvalue weighted by Gasteiger charge is 2.61. The quantitative estimate of drug-likeness (QED) is 0.657. The Morgan fingerprint density at radius 1 is 1.30 bits per heavy atom. The third-order valence-electron chi connectivity index (χ3n) is 5.62. The minimum absolute atomic E-state index is 0.0734. The first-order valence-corrected chi connectivity index (χ1v) is 9.34. The van der Waals surface area contributed by atoms with E-state index in [-0.39, 0.29) is 20.6 Å². The summed E-state index contributed by atoms with van der Waals surface area (Å²) in [5.74, 6) is -0.674. The molecule has 2 aliphatic rings. The molecule has 0 amide bonds. The van der Waals surface area contributed by atoms with Gasteiger partial charge < -0.3 is 10.0 Å². The van der Waals surface area contributed by atoms with Gasteiger partial charge in [0.2, 0.25) is 0 Å². The number of piperidine rings is 1. The summed E-state index contributed by atoms with van der Waals surface area (Å²) in [6, 6.07) is 1.51. The standard InChI is InChI=1S/C17H20Br2FNO2/c1-16(2)15(22)10-8-11(18)14(20)13(19)12(10)17(16,23)9-4-6-21(3)7-5-9/h8-9,23H,4-7H2,1-3H3. The van der Waals surface area contributed by atoms with Crippen molar-refractivity contribution in [1.29, 1.82) is 0 Å². The lowest BCUT2D eigenvalue weighted by Gasteiger charge is -2.45. The van der Waals surface area contributed by atoms with Gasteiger partial charge in [0.15, 0.2) is 11.6 Å². The molecule has 0 aromatic heterocycles. The molecule has 3 nitrogen and oxygen atoms in total. The van der Waals surface area contributed by atoms with Gasteiger partial charge in [0.25, 0.3) is 0 Å². The van der Waals surface area contributed by atoms with Crippen molar-refractivity contribution in [3.05, 3.63) is 32.0 Å². The predicted octanol–water partition coefficient (Wildman–Crippen LogP) is 4.10. The third kappa shape index (κ3) is 2.29. The van der Waals surface area contributed by atoms with Gasteiger partial charge in [-0.05, 0) is 90.7 Å². The summed E-state index contributed by atoms with van der Waals surface area (Å²) < 4.78 is 14.8. The number of likely N-dealkylation sites (tertiary alicyclic amines) is 1. The molecule has 0 saturated carbocycles. The van der Waals surface area contributed by atoms with Crippen molar-refractivity contribution in [2.45, 2.75) is 32.3 Å². The van der Waals surface area contributed by atoms with Crippen LogP contribution in [0.2, 0.25) is 0 Å². The molecule has 0 radical (unpaired) electrons. The van der Waals surface area contributed by atoms with Gasteiger partial charge in [-0.25, -0.2) is 4.39 Å². The molecule has 1 aliphatic carbocycles. The highest BCUT2D eigenvalue weighted by Crippen LogP contribution is 2.58. The summed E-state index contributed by atoms with van der Waals surface area (Å²) in [7, 11) is 2.05. The molecule has 126 valence electrons. The number of carbonyl (C=O) groups excluding carboxylic acids is 1. The number of fused-ring (bicyclic) bond motifs is 1. The zero-order valence-electron chi connectivity index (χ0n) is 13.4. The molecular weight excluding hydrogens is 429 g/mol. The Labute approximate surface area is 152 Å². The molecule has 0 spiro atoms. The number of benzene rings is 1. The second-order valence-electron chi connectivity index (χ2n) is 7.21. The molecule has 1 saturated heterocycles. The number of halogens is 3. The second kappa shape index (κ2) is 5.61. The van der Waals surface area contributed by atoms with Gasteiger partial charge in [-0.2, -0.15) is 0 Å². The van der Waals surface area contributed by atoms with Crippen LogP contribution in [0, 0.1) is 17.2 Å². The van der Waals surface area contributed by atoms with Gasteiger partial charge in [-0.15, -0.1) is 0 Å². The van der Waals surface area contributed by atoms with Crippen LogP contribution in [0.25, 0.3) is 0 Å².